The minimum absolute atomic E-state index is 0.225. The molecule has 0 aliphatic carbocycles. The molecule has 4 rings (SSSR count). The summed E-state index contributed by atoms with van der Waals surface area (Å²) in [6.07, 6.45) is 2.85. The monoisotopic (exact) mass is 375 g/mol. The molecule has 4 aromatic rings. The van der Waals surface area contributed by atoms with Crippen molar-refractivity contribution in [2.24, 2.45) is 0 Å². The number of carbonyl (C=O) groups excluding carboxylic acids is 1. The fourth-order valence-corrected chi connectivity index (χ4v) is 2.98. The standard InChI is InChI=1S/C21H18FN5O/c22-16-5-3-4-14(12-16)21(28)25-20-9-8-19(26-27-20)23-11-10-15-13-24-18-7-2-1-6-17(15)18/h1-9,12-13,24H,10-11H2,(H,23,26)(H,25,27,28). The molecule has 0 aliphatic heterocycles. The van der Waals surface area contributed by atoms with Crippen LogP contribution in [-0.2, 0) is 6.42 Å². The first-order valence-electron chi connectivity index (χ1n) is 8.88. The molecule has 0 saturated carbocycles. The molecular formula is C21H18FN5O. The Bertz CT molecular complexity index is 1110. The van der Waals surface area contributed by atoms with Gasteiger partial charge in [0.2, 0.25) is 0 Å². The average Bonchev–Trinajstić information content (AvgIpc) is 3.12. The predicted molar refractivity (Wildman–Crippen MR) is 107 cm³/mol. The topological polar surface area (TPSA) is 82.7 Å². The van der Waals surface area contributed by atoms with E-state index in [4.69, 9.17) is 0 Å². The van der Waals surface area contributed by atoms with Gasteiger partial charge in [-0.05, 0) is 48.4 Å². The van der Waals surface area contributed by atoms with E-state index in [0.717, 1.165) is 11.9 Å². The lowest BCUT2D eigenvalue weighted by molar-refractivity contribution is 0.102. The van der Waals surface area contributed by atoms with E-state index < -0.39 is 11.7 Å². The van der Waals surface area contributed by atoms with Gasteiger partial charge < -0.3 is 15.6 Å². The lowest BCUT2D eigenvalue weighted by atomic mass is 10.1. The van der Waals surface area contributed by atoms with Gasteiger partial charge in [-0.2, -0.15) is 0 Å². The van der Waals surface area contributed by atoms with Gasteiger partial charge in [-0.25, -0.2) is 4.39 Å². The van der Waals surface area contributed by atoms with Crippen molar-refractivity contribution in [3.05, 3.63) is 83.8 Å². The Morgan fingerprint density at radius 3 is 2.64 bits per heavy atom. The molecule has 0 radical (unpaired) electrons. The fourth-order valence-electron chi connectivity index (χ4n) is 2.98. The van der Waals surface area contributed by atoms with Gasteiger partial charge in [0.15, 0.2) is 5.82 Å². The third-order valence-electron chi connectivity index (χ3n) is 4.37. The van der Waals surface area contributed by atoms with Crippen LogP contribution in [0.2, 0.25) is 0 Å². The number of fused-ring (bicyclic) bond motifs is 1. The maximum Gasteiger partial charge on any atom is 0.256 e. The number of aromatic amines is 1. The van der Waals surface area contributed by atoms with Crippen molar-refractivity contribution in [1.29, 1.82) is 0 Å². The Hall–Kier alpha value is -3.74. The smallest absolute Gasteiger partial charge is 0.256 e. The second-order valence-corrected chi connectivity index (χ2v) is 6.30. The summed E-state index contributed by atoms with van der Waals surface area (Å²) in [5.74, 6) is 0.0161. The van der Waals surface area contributed by atoms with Crippen molar-refractivity contribution < 1.29 is 9.18 Å². The van der Waals surface area contributed by atoms with Gasteiger partial charge in [0.05, 0.1) is 0 Å². The second-order valence-electron chi connectivity index (χ2n) is 6.30. The summed E-state index contributed by atoms with van der Waals surface area (Å²) >= 11 is 0. The van der Waals surface area contributed by atoms with E-state index in [1.54, 1.807) is 12.1 Å². The molecule has 3 N–H and O–H groups in total. The number of benzene rings is 2. The number of H-pyrrole nitrogens is 1. The number of nitrogens with one attached hydrogen (secondary N) is 3. The lowest BCUT2D eigenvalue weighted by Gasteiger charge is -2.07. The minimum atomic E-state index is -0.464. The first kappa shape index (κ1) is 17.7. The van der Waals surface area contributed by atoms with Crippen LogP contribution in [-0.4, -0.2) is 27.6 Å². The Morgan fingerprint density at radius 2 is 1.82 bits per heavy atom. The van der Waals surface area contributed by atoms with Crippen LogP contribution >= 0.6 is 0 Å². The van der Waals surface area contributed by atoms with Crippen LogP contribution in [0.4, 0.5) is 16.0 Å². The molecule has 2 heterocycles. The summed E-state index contributed by atoms with van der Waals surface area (Å²) in [4.78, 5) is 15.4. The molecule has 0 saturated heterocycles. The van der Waals surface area contributed by atoms with E-state index >= 15 is 0 Å². The number of hydrogen-bond donors (Lipinski definition) is 3. The molecule has 2 aromatic heterocycles. The molecule has 1 amide bonds. The van der Waals surface area contributed by atoms with Crippen molar-refractivity contribution in [1.82, 2.24) is 15.2 Å². The first-order chi connectivity index (χ1) is 13.7. The molecule has 6 nitrogen and oxygen atoms in total. The molecule has 2 aromatic carbocycles. The molecule has 0 spiro atoms. The van der Waals surface area contributed by atoms with E-state index in [2.05, 4.69) is 37.9 Å². The van der Waals surface area contributed by atoms with Gasteiger partial charge in [0.1, 0.15) is 11.6 Å². The van der Waals surface area contributed by atoms with Gasteiger partial charge in [-0.1, -0.05) is 24.3 Å². The highest BCUT2D eigenvalue weighted by molar-refractivity contribution is 6.03. The third kappa shape index (κ3) is 3.98. The highest BCUT2D eigenvalue weighted by Gasteiger charge is 2.08. The molecule has 0 bridgehead atoms. The lowest BCUT2D eigenvalue weighted by Crippen LogP contribution is -2.14. The van der Waals surface area contributed by atoms with Crippen LogP contribution < -0.4 is 10.6 Å². The highest BCUT2D eigenvalue weighted by atomic mass is 19.1. The normalized spacial score (nSPS) is 10.8. The number of carbonyl (C=O) groups is 1. The number of amides is 1. The Morgan fingerprint density at radius 1 is 1.00 bits per heavy atom. The van der Waals surface area contributed by atoms with Crippen LogP contribution in [0, 0.1) is 5.82 Å². The highest BCUT2D eigenvalue weighted by Crippen LogP contribution is 2.18. The predicted octanol–water partition coefficient (Wildman–Crippen LogP) is 4.00. The molecular weight excluding hydrogens is 357 g/mol. The van der Waals surface area contributed by atoms with Crippen molar-refractivity contribution in [3.63, 3.8) is 0 Å². The molecule has 0 atom stereocenters. The summed E-state index contributed by atoms with van der Waals surface area (Å²) < 4.78 is 13.2. The zero-order valence-corrected chi connectivity index (χ0v) is 14.9. The molecule has 0 fully saturated rings. The average molecular weight is 375 g/mol. The number of anilines is 2. The first-order valence-corrected chi connectivity index (χ1v) is 8.88. The van der Waals surface area contributed by atoms with E-state index in [9.17, 15) is 9.18 Å². The number of aromatic nitrogens is 3. The van der Waals surface area contributed by atoms with E-state index in [0.29, 0.717) is 18.2 Å². The summed E-state index contributed by atoms with van der Waals surface area (Å²) in [5, 5.41) is 15.1. The number of para-hydroxylation sites is 1. The molecule has 0 unspecified atom stereocenters. The van der Waals surface area contributed by atoms with E-state index in [-0.39, 0.29) is 5.56 Å². The van der Waals surface area contributed by atoms with Gasteiger partial charge in [-0.15, -0.1) is 10.2 Å². The van der Waals surface area contributed by atoms with Gasteiger partial charge >= 0.3 is 0 Å². The Balaban J connectivity index is 1.32. The van der Waals surface area contributed by atoms with Crippen LogP contribution in [0.1, 0.15) is 15.9 Å². The van der Waals surface area contributed by atoms with Crippen molar-refractivity contribution in [2.75, 3.05) is 17.2 Å². The number of rotatable bonds is 6. The minimum Gasteiger partial charge on any atom is -0.368 e. The van der Waals surface area contributed by atoms with E-state index in [1.165, 1.54) is 35.2 Å². The van der Waals surface area contributed by atoms with Crippen LogP contribution in [0.5, 0.6) is 0 Å². The Kier molecular flexibility index (Phi) is 4.97. The molecule has 28 heavy (non-hydrogen) atoms. The number of nitrogens with zero attached hydrogens (tertiary/aromatic N) is 2. The summed E-state index contributed by atoms with van der Waals surface area (Å²) in [6, 6.07) is 17.0. The van der Waals surface area contributed by atoms with E-state index in [1.807, 2.05) is 18.3 Å². The van der Waals surface area contributed by atoms with Crippen LogP contribution in [0.3, 0.4) is 0 Å². The quantitative estimate of drug-likeness (QED) is 0.476. The van der Waals surface area contributed by atoms with Crippen molar-refractivity contribution in [2.45, 2.75) is 6.42 Å². The zero-order chi connectivity index (χ0) is 19.3. The van der Waals surface area contributed by atoms with Gasteiger partial charge in [0, 0.05) is 29.2 Å². The molecule has 7 heteroatoms. The summed E-state index contributed by atoms with van der Waals surface area (Å²) in [6.45, 7) is 0.700. The summed E-state index contributed by atoms with van der Waals surface area (Å²) in [5.41, 5.74) is 2.58. The SMILES string of the molecule is O=C(Nc1ccc(NCCc2c[nH]c3ccccc23)nn1)c1cccc(F)c1. The fraction of sp³-hybridized carbons (Fsp3) is 0.0952. The Labute approximate surface area is 160 Å². The molecule has 0 aliphatic rings. The third-order valence-corrected chi connectivity index (χ3v) is 4.37. The number of halogens is 1. The van der Waals surface area contributed by atoms with Gasteiger partial charge in [-0.3, -0.25) is 4.79 Å². The number of hydrogen-bond acceptors (Lipinski definition) is 4. The maximum atomic E-state index is 13.2. The van der Waals surface area contributed by atoms with Crippen molar-refractivity contribution >= 4 is 28.4 Å². The van der Waals surface area contributed by atoms with Crippen molar-refractivity contribution in [3.8, 4) is 0 Å². The summed E-state index contributed by atoms with van der Waals surface area (Å²) in [7, 11) is 0. The molecule has 140 valence electrons. The van der Waals surface area contributed by atoms with Crippen LogP contribution in [0.25, 0.3) is 10.9 Å². The zero-order valence-electron chi connectivity index (χ0n) is 14.9. The maximum absolute atomic E-state index is 13.2. The largest absolute Gasteiger partial charge is 0.368 e. The van der Waals surface area contributed by atoms with Crippen LogP contribution in [0.15, 0.2) is 66.9 Å². The van der Waals surface area contributed by atoms with Gasteiger partial charge in [0.25, 0.3) is 5.91 Å². The second kappa shape index (κ2) is 7.87.